The third-order valence-corrected chi connectivity index (χ3v) is 4.14. The number of rotatable bonds is 10. The van der Waals surface area contributed by atoms with Crippen LogP contribution in [0.15, 0.2) is 47.9 Å². The van der Waals surface area contributed by atoms with E-state index in [-0.39, 0.29) is 17.9 Å². The third kappa shape index (κ3) is 6.35. The van der Waals surface area contributed by atoms with Gasteiger partial charge < -0.3 is 9.84 Å². The molecule has 1 rings (SSSR count). The molecule has 0 spiro atoms. The fourth-order valence-corrected chi connectivity index (χ4v) is 2.87. The average Bonchev–Trinajstić information content (AvgIpc) is 2.49. The molecule has 0 saturated carbocycles. The Morgan fingerprint density at radius 3 is 2.61 bits per heavy atom. The summed E-state index contributed by atoms with van der Waals surface area (Å²) in [6.45, 7) is 8.65. The Labute approximate surface area is 136 Å². The van der Waals surface area contributed by atoms with Crippen molar-refractivity contribution in [2.24, 2.45) is 0 Å². The van der Waals surface area contributed by atoms with Gasteiger partial charge in [-0.3, -0.25) is 8.98 Å². The van der Waals surface area contributed by atoms with Crippen molar-refractivity contribution < 1.29 is 27.2 Å². The Hall–Kier alpha value is -1.96. The van der Waals surface area contributed by atoms with Crippen LogP contribution in [0.1, 0.15) is 18.9 Å². The van der Waals surface area contributed by atoms with Gasteiger partial charge in [0.15, 0.2) is 0 Å². The summed E-state index contributed by atoms with van der Waals surface area (Å²) in [6.07, 6.45) is 0.143. The minimum Gasteiger partial charge on any atom is -0.481 e. The van der Waals surface area contributed by atoms with Gasteiger partial charge in [0.25, 0.3) is 10.1 Å². The van der Waals surface area contributed by atoms with E-state index in [2.05, 4.69) is 13.2 Å². The van der Waals surface area contributed by atoms with Gasteiger partial charge in [-0.05, 0) is 18.6 Å². The Bertz CT molecular complexity index is 678. The molecule has 1 N–H and O–H groups in total. The predicted molar refractivity (Wildman–Crippen MR) is 86.5 cm³/mol. The molecule has 0 heterocycles. The molecule has 0 aliphatic heterocycles. The van der Waals surface area contributed by atoms with Crippen molar-refractivity contribution in [1.82, 2.24) is 0 Å². The minimum atomic E-state index is -4.04. The zero-order chi connectivity index (χ0) is 17.5. The van der Waals surface area contributed by atoms with E-state index in [0.717, 1.165) is 0 Å². The lowest BCUT2D eigenvalue weighted by molar-refractivity contribution is -0.140. The molecule has 0 bridgehead atoms. The van der Waals surface area contributed by atoms with Crippen LogP contribution in [0.3, 0.4) is 0 Å². The van der Waals surface area contributed by atoms with Gasteiger partial charge in [0.05, 0.1) is 25.7 Å². The zero-order valence-corrected chi connectivity index (χ0v) is 13.7. The molecular formula is C16H20O6S. The van der Waals surface area contributed by atoms with Gasteiger partial charge in [0, 0.05) is 0 Å². The first-order chi connectivity index (χ1) is 10.8. The second-order valence-corrected chi connectivity index (χ2v) is 6.55. The molecule has 0 amide bonds. The van der Waals surface area contributed by atoms with E-state index < -0.39 is 28.8 Å². The van der Waals surface area contributed by atoms with Crippen molar-refractivity contribution in [3.05, 3.63) is 48.6 Å². The largest absolute Gasteiger partial charge is 0.481 e. The van der Waals surface area contributed by atoms with Crippen LogP contribution in [0, 0.1) is 0 Å². The molecule has 0 aromatic heterocycles. The van der Waals surface area contributed by atoms with E-state index >= 15 is 0 Å². The zero-order valence-electron chi connectivity index (χ0n) is 12.9. The molecule has 0 aliphatic carbocycles. The summed E-state index contributed by atoms with van der Waals surface area (Å²) in [6, 6.07) is 6.23. The number of benzene rings is 1. The Morgan fingerprint density at radius 1 is 1.39 bits per heavy atom. The van der Waals surface area contributed by atoms with Crippen molar-refractivity contribution in [1.29, 1.82) is 0 Å². The standard InChI is InChI=1S/C16H20O6S/c1-4-13-7-5-6-8-15(13)23(19,20)22-11-14(9-16(17)18)21-10-12(2)3/h4-8,14H,1-2,9-11H2,3H3,(H,17,18). The van der Waals surface area contributed by atoms with Crippen molar-refractivity contribution in [3.8, 4) is 0 Å². The summed E-state index contributed by atoms with van der Waals surface area (Å²) in [4.78, 5) is 10.8. The SMILES string of the molecule is C=Cc1ccccc1S(=O)(=O)OCC(CC(=O)O)OCC(=C)C. The Balaban J connectivity index is 2.83. The van der Waals surface area contributed by atoms with Gasteiger partial charge >= 0.3 is 5.97 Å². The smallest absolute Gasteiger partial charge is 0.306 e. The van der Waals surface area contributed by atoms with Gasteiger partial charge in [0.2, 0.25) is 0 Å². The topological polar surface area (TPSA) is 89.9 Å². The van der Waals surface area contributed by atoms with Crippen LogP contribution in [-0.4, -0.2) is 38.8 Å². The summed E-state index contributed by atoms with van der Waals surface area (Å²) in [5, 5.41) is 8.86. The number of ether oxygens (including phenoxy) is 1. The van der Waals surface area contributed by atoms with Gasteiger partial charge in [0.1, 0.15) is 4.90 Å². The van der Waals surface area contributed by atoms with Gasteiger partial charge in [-0.2, -0.15) is 8.42 Å². The summed E-state index contributed by atoms with van der Waals surface area (Å²) in [7, 11) is -4.04. The lowest BCUT2D eigenvalue weighted by Gasteiger charge is -2.16. The van der Waals surface area contributed by atoms with Crippen LogP contribution in [0.25, 0.3) is 6.08 Å². The molecule has 1 atom stereocenters. The highest BCUT2D eigenvalue weighted by atomic mass is 32.2. The quantitative estimate of drug-likeness (QED) is 0.520. The normalized spacial score (nSPS) is 12.6. The molecule has 23 heavy (non-hydrogen) atoms. The van der Waals surface area contributed by atoms with E-state index in [0.29, 0.717) is 11.1 Å². The molecule has 0 saturated heterocycles. The highest BCUT2D eigenvalue weighted by Crippen LogP contribution is 2.19. The molecule has 1 aromatic rings. The molecule has 126 valence electrons. The molecule has 1 unspecified atom stereocenters. The number of carbonyl (C=O) groups is 1. The highest BCUT2D eigenvalue weighted by molar-refractivity contribution is 7.86. The second-order valence-electron chi connectivity index (χ2n) is 4.97. The van der Waals surface area contributed by atoms with E-state index in [1.54, 1.807) is 25.1 Å². The number of carboxylic acids is 1. The number of aliphatic carboxylic acids is 1. The number of hydrogen-bond donors (Lipinski definition) is 1. The van der Waals surface area contributed by atoms with Crippen molar-refractivity contribution in [2.45, 2.75) is 24.3 Å². The molecular weight excluding hydrogens is 320 g/mol. The van der Waals surface area contributed by atoms with Gasteiger partial charge in [-0.25, -0.2) is 0 Å². The Kier molecular flexibility index (Phi) is 7.15. The maximum absolute atomic E-state index is 12.2. The van der Waals surface area contributed by atoms with E-state index in [4.69, 9.17) is 14.0 Å². The summed E-state index contributed by atoms with van der Waals surface area (Å²) in [5.74, 6) is -1.11. The number of carboxylic acid groups (broad SMARTS) is 1. The van der Waals surface area contributed by atoms with E-state index in [9.17, 15) is 13.2 Å². The molecule has 1 aromatic carbocycles. The van der Waals surface area contributed by atoms with Crippen LogP contribution in [0.4, 0.5) is 0 Å². The average molecular weight is 340 g/mol. The highest BCUT2D eigenvalue weighted by Gasteiger charge is 2.22. The van der Waals surface area contributed by atoms with E-state index in [1.807, 2.05) is 0 Å². The lowest BCUT2D eigenvalue weighted by atomic mass is 10.2. The third-order valence-electron chi connectivity index (χ3n) is 2.79. The molecule has 6 nitrogen and oxygen atoms in total. The van der Waals surface area contributed by atoms with Gasteiger partial charge in [-0.1, -0.05) is 43.0 Å². The van der Waals surface area contributed by atoms with E-state index in [1.165, 1.54) is 12.1 Å². The maximum atomic E-state index is 12.2. The molecule has 7 heteroatoms. The van der Waals surface area contributed by atoms with Gasteiger partial charge in [-0.15, -0.1) is 0 Å². The van der Waals surface area contributed by atoms with Crippen molar-refractivity contribution in [3.63, 3.8) is 0 Å². The van der Waals surface area contributed by atoms with Crippen LogP contribution in [-0.2, 0) is 23.8 Å². The van der Waals surface area contributed by atoms with Crippen LogP contribution in [0.2, 0.25) is 0 Å². The van der Waals surface area contributed by atoms with Crippen molar-refractivity contribution >= 4 is 22.2 Å². The molecule has 0 radical (unpaired) electrons. The summed E-state index contributed by atoms with van der Waals surface area (Å²) >= 11 is 0. The molecule has 0 aliphatic rings. The minimum absolute atomic E-state index is 0.0241. The summed E-state index contributed by atoms with van der Waals surface area (Å²) in [5.41, 5.74) is 1.10. The summed E-state index contributed by atoms with van der Waals surface area (Å²) < 4.78 is 34.8. The fourth-order valence-electron chi connectivity index (χ4n) is 1.73. The Morgan fingerprint density at radius 2 is 2.04 bits per heavy atom. The second kappa shape index (κ2) is 8.61. The lowest BCUT2D eigenvalue weighted by Crippen LogP contribution is -2.26. The first-order valence-corrected chi connectivity index (χ1v) is 8.25. The monoisotopic (exact) mass is 340 g/mol. The first-order valence-electron chi connectivity index (χ1n) is 6.85. The first kappa shape index (κ1) is 19.1. The van der Waals surface area contributed by atoms with Crippen LogP contribution >= 0.6 is 0 Å². The van der Waals surface area contributed by atoms with Crippen LogP contribution < -0.4 is 0 Å². The predicted octanol–water partition coefficient (Wildman–Crippen LogP) is 2.47. The maximum Gasteiger partial charge on any atom is 0.306 e. The number of hydrogen-bond acceptors (Lipinski definition) is 5. The fraction of sp³-hybridized carbons (Fsp3) is 0.312. The van der Waals surface area contributed by atoms with Crippen LogP contribution in [0.5, 0.6) is 0 Å². The van der Waals surface area contributed by atoms with Crippen molar-refractivity contribution in [2.75, 3.05) is 13.2 Å². The molecule has 0 fully saturated rings.